The molecule has 0 bridgehead atoms. The molecule has 1 aromatic rings. The van der Waals surface area contributed by atoms with Crippen LogP contribution in [0.1, 0.15) is 31.2 Å². The number of aromatic hydroxyl groups is 1. The van der Waals surface area contributed by atoms with Gasteiger partial charge in [0.1, 0.15) is 0 Å². The van der Waals surface area contributed by atoms with Crippen molar-refractivity contribution in [3.8, 4) is 11.5 Å². The number of allylic oxidation sites excluding steroid dienone is 3. The van der Waals surface area contributed by atoms with E-state index in [1.54, 1.807) is 12.1 Å². The molecule has 0 saturated heterocycles. The molecule has 1 aliphatic carbocycles. The van der Waals surface area contributed by atoms with E-state index in [9.17, 15) is 9.90 Å². The van der Waals surface area contributed by atoms with Crippen LogP contribution < -0.4 is 4.74 Å². The lowest BCUT2D eigenvalue weighted by Crippen LogP contribution is -1.89. The van der Waals surface area contributed by atoms with Crippen molar-refractivity contribution in [2.75, 3.05) is 0 Å². The third kappa shape index (κ3) is 3.98. The average Bonchev–Trinajstić information content (AvgIpc) is 2.92. The maximum atomic E-state index is 10.3. The number of rotatable bonds is 5. The van der Waals surface area contributed by atoms with Gasteiger partial charge in [-0.1, -0.05) is 43.2 Å². The van der Waals surface area contributed by atoms with E-state index in [-0.39, 0.29) is 11.5 Å². The molecular formula is C16H18O3. The number of hydrogen-bond acceptors (Lipinski definition) is 3. The minimum absolute atomic E-state index is 0.0363. The van der Waals surface area contributed by atoms with Crippen LogP contribution in [0.2, 0.25) is 0 Å². The summed E-state index contributed by atoms with van der Waals surface area (Å²) < 4.78 is 4.68. The van der Waals surface area contributed by atoms with Gasteiger partial charge < -0.3 is 9.84 Å². The summed E-state index contributed by atoms with van der Waals surface area (Å²) in [6, 6.07) is 4.91. The molecule has 0 amide bonds. The highest BCUT2D eigenvalue weighted by atomic mass is 16.5. The topological polar surface area (TPSA) is 46.5 Å². The second kappa shape index (κ2) is 6.78. The van der Waals surface area contributed by atoms with Crippen LogP contribution in [-0.2, 0) is 4.79 Å². The van der Waals surface area contributed by atoms with E-state index in [1.807, 2.05) is 12.2 Å². The first-order chi connectivity index (χ1) is 9.29. The minimum Gasteiger partial charge on any atom is -0.504 e. The zero-order chi connectivity index (χ0) is 13.5. The number of phenolic OH excluding ortho intramolecular Hbond substituents is 1. The van der Waals surface area contributed by atoms with Gasteiger partial charge in [0.15, 0.2) is 11.5 Å². The number of benzene rings is 1. The summed E-state index contributed by atoms with van der Waals surface area (Å²) in [4.78, 5) is 10.3. The zero-order valence-electron chi connectivity index (χ0n) is 10.8. The van der Waals surface area contributed by atoms with Gasteiger partial charge in [-0.15, -0.1) is 0 Å². The van der Waals surface area contributed by atoms with Gasteiger partial charge >= 0.3 is 0 Å². The van der Waals surface area contributed by atoms with Crippen LogP contribution in [0.4, 0.5) is 0 Å². The van der Waals surface area contributed by atoms with Crippen molar-refractivity contribution in [2.24, 2.45) is 5.92 Å². The molecule has 2 rings (SSSR count). The van der Waals surface area contributed by atoms with Crippen molar-refractivity contribution in [1.82, 2.24) is 0 Å². The van der Waals surface area contributed by atoms with Crippen molar-refractivity contribution in [1.29, 1.82) is 0 Å². The Morgan fingerprint density at radius 3 is 2.74 bits per heavy atom. The largest absolute Gasteiger partial charge is 0.504 e. The van der Waals surface area contributed by atoms with Crippen LogP contribution in [0.5, 0.6) is 11.5 Å². The second-order valence-corrected chi connectivity index (χ2v) is 4.73. The maximum Gasteiger partial charge on any atom is 0.298 e. The summed E-state index contributed by atoms with van der Waals surface area (Å²) in [5.74, 6) is 0.862. The lowest BCUT2D eigenvalue weighted by molar-refractivity contribution is -0.120. The Kier molecular flexibility index (Phi) is 4.78. The van der Waals surface area contributed by atoms with E-state index < -0.39 is 0 Å². The normalized spacial score (nSPS) is 16.4. The Morgan fingerprint density at radius 2 is 2.00 bits per heavy atom. The lowest BCUT2D eigenvalue weighted by Gasteiger charge is -2.02. The summed E-state index contributed by atoms with van der Waals surface area (Å²) >= 11 is 0. The summed E-state index contributed by atoms with van der Waals surface area (Å²) in [5, 5.41) is 9.46. The molecule has 0 atom stereocenters. The maximum absolute atomic E-state index is 10.3. The van der Waals surface area contributed by atoms with Crippen LogP contribution in [0.15, 0.2) is 36.4 Å². The second-order valence-electron chi connectivity index (χ2n) is 4.73. The predicted octanol–water partition coefficient (Wildman–Crippen LogP) is 3.69. The quantitative estimate of drug-likeness (QED) is 0.647. The van der Waals surface area contributed by atoms with Crippen LogP contribution in [0.3, 0.4) is 0 Å². The molecule has 1 aromatic carbocycles. The third-order valence-corrected chi connectivity index (χ3v) is 3.34. The summed E-state index contributed by atoms with van der Waals surface area (Å²) in [7, 11) is 0. The molecule has 0 spiro atoms. The van der Waals surface area contributed by atoms with Gasteiger partial charge in [0.2, 0.25) is 0 Å². The Morgan fingerprint density at radius 1 is 1.21 bits per heavy atom. The molecule has 1 N–H and O–H groups in total. The smallest absolute Gasteiger partial charge is 0.298 e. The standard InChI is InChI=1S/C16H18O3/c17-12-19-16-11-14(9-10-15(16)18)8-4-3-7-13-5-1-2-6-13/h3-4,7-13,18H,1-2,5-6H2. The van der Waals surface area contributed by atoms with Crippen LogP contribution in [0.25, 0.3) is 6.08 Å². The molecular weight excluding hydrogens is 240 g/mol. The molecule has 0 heterocycles. The van der Waals surface area contributed by atoms with Crippen molar-refractivity contribution >= 4 is 12.5 Å². The predicted molar refractivity (Wildman–Crippen MR) is 74.9 cm³/mol. The lowest BCUT2D eigenvalue weighted by atomic mass is 10.1. The highest BCUT2D eigenvalue weighted by Crippen LogP contribution is 2.27. The highest BCUT2D eigenvalue weighted by molar-refractivity contribution is 5.59. The Balaban J connectivity index is 1.97. The number of ether oxygens (including phenoxy) is 1. The molecule has 1 fully saturated rings. The first kappa shape index (κ1) is 13.4. The van der Waals surface area contributed by atoms with Crippen molar-refractivity contribution in [2.45, 2.75) is 25.7 Å². The Bertz CT molecular complexity index is 483. The molecule has 100 valence electrons. The molecule has 3 nitrogen and oxygen atoms in total. The first-order valence-corrected chi connectivity index (χ1v) is 6.58. The van der Waals surface area contributed by atoms with Gasteiger partial charge in [0, 0.05) is 0 Å². The van der Waals surface area contributed by atoms with Gasteiger partial charge in [0.05, 0.1) is 0 Å². The van der Waals surface area contributed by atoms with E-state index in [2.05, 4.69) is 16.9 Å². The molecule has 0 aliphatic heterocycles. The van der Waals surface area contributed by atoms with Crippen LogP contribution >= 0.6 is 0 Å². The molecule has 0 aromatic heterocycles. The van der Waals surface area contributed by atoms with Crippen molar-refractivity contribution in [3.05, 3.63) is 42.0 Å². The van der Waals surface area contributed by atoms with E-state index in [0.29, 0.717) is 6.47 Å². The molecule has 19 heavy (non-hydrogen) atoms. The minimum atomic E-state index is -0.0363. The highest BCUT2D eigenvalue weighted by Gasteiger charge is 2.10. The van der Waals surface area contributed by atoms with Gasteiger partial charge in [-0.3, -0.25) is 4.79 Å². The number of carbonyl (C=O) groups is 1. The molecule has 3 heteroatoms. The molecule has 1 saturated carbocycles. The van der Waals surface area contributed by atoms with Gasteiger partial charge in [0.25, 0.3) is 6.47 Å². The van der Waals surface area contributed by atoms with Gasteiger partial charge in [-0.05, 0) is 36.5 Å². The van der Waals surface area contributed by atoms with Crippen LogP contribution in [0, 0.1) is 5.92 Å². The van der Waals surface area contributed by atoms with E-state index in [4.69, 9.17) is 0 Å². The number of hydrogen-bond donors (Lipinski definition) is 1. The van der Waals surface area contributed by atoms with E-state index in [1.165, 1.54) is 31.7 Å². The Hall–Kier alpha value is -2.03. The fraction of sp³-hybridized carbons (Fsp3) is 0.312. The summed E-state index contributed by atoms with van der Waals surface area (Å²) in [5.41, 5.74) is 0.880. The molecule has 1 aliphatic rings. The van der Waals surface area contributed by atoms with E-state index in [0.717, 1.165) is 11.5 Å². The fourth-order valence-electron chi connectivity index (χ4n) is 2.32. The van der Waals surface area contributed by atoms with Gasteiger partial charge in [-0.2, -0.15) is 0 Å². The Labute approximate surface area is 113 Å². The number of carbonyl (C=O) groups excluding carboxylic acids is 1. The van der Waals surface area contributed by atoms with Crippen molar-refractivity contribution in [3.63, 3.8) is 0 Å². The van der Waals surface area contributed by atoms with Gasteiger partial charge in [-0.25, -0.2) is 0 Å². The fourth-order valence-corrected chi connectivity index (χ4v) is 2.32. The average molecular weight is 258 g/mol. The summed E-state index contributed by atoms with van der Waals surface area (Å²) in [6.07, 6.45) is 13.4. The van der Waals surface area contributed by atoms with Crippen molar-refractivity contribution < 1.29 is 14.6 Å². The monoisotopic (exact) mass is 258 g/mol. The van der Waals surface area contributed by atoms with E-state index >= 15 is 0 Å². The first-order valence-electron chi connectivity index (χ1n) is 6.58. The number of phenols is 1. The third-order valence-electron chi connectivity index (χ3n) is 3.34. The molecule has 0 unspecified atom stereocenters. The molecule has 0 radical (unpaired) electrons. The van der Waals surface area contributed by atoms with Crippen LogP contribution in [-0.4, -0.2) is 11.6 Å². The SMILES string of the molecule is O=COc1cc(C=CC=CC2CCCC2)ccc1O. The summed E-state index contributed by atoms with van der Waals surface area (Å²) in [6.45, 7) is 0.308. The zero-order valence-corrected chi connectivity index (χ0v) is 10.8.